The molecule has 0 aromatic heterocycles. The van der Waals surface area contributed by atoms with Gasteiger partial charge in [0.15, 0.2) is 0 Å². The van der Waals surface area contributed by atoms with Crippen LogP contribution < -0.4 is 5.73 Å². The molecule has 8 heteroatoms. The van der Waals surface area contributed by atoms with Gasteiger partial charge in [-0.1, -0.05) is 54.0 Å². The second kappa shape index (κ2) is 13.3. The van der Waals surface area contributed by atoms with Crippen LogP contribution in [0.25, 0.3) is 0 Å². The molecule has 7 nitrogen and oxygen atoms in total. The Morgan fingerprint density at radius 1 is 0.667 bits per heavy atom. The number of nitrogens with two attached hydrogens (primary N) is 1. The second-order valence-electron chi connectivity index (χ2n) is 14.2. The first-order valence-electron chi connectivity index (χ1n) is 15.0. The molecule has 2 amide bonds. The predicted molar refractivity (Wildman–Crippen MR) is 174 cm³/mol. The third kappa shape index (κ3) is 9.65. The lowest BCUT2D eigenvalue weighted by atomic mass is 9.74. The van der Waals surface area contributed by atoms with E-state index in [4.69, 9.17) is 15.2 Å². The lowest BCUT2D eigenvalue weighted by molar-refractivity contribution is 0.0161. The first-order chi connectivity index (χ1) is 19.4. The summed E-state index contributed by atoms with van der Waals surface area (Å²) in [4.78, 5) is 27.8. The predicted octanol–water partition coefficient (Wildman–Crippen LogP) is 8.30. The Morgan fingerprint density at radius 3 is 1.29 bits per heavy atom. The van der Waals surface area contributed by atoms with E-state index in [0.717, 1.165) is 62.0 Å². The summed E-state index contributed by atoms with van der Waals surface area (Å²) in [6, 6.07) is 16.6. The first-order valence-corrected chi connectivity index (χ1v) is 15.8. The average Bonchev–Trinajstić information content (AvgIpc) is 2.88. The zero-order valence-corrected chi connectivity index (χ0v) is 28.3. The molecule has 0 aliphatic carbocycles. The SMILES string of the molecule is CC(C)(C)OC(=O)N1CCC(C)(c2ccc(Br)cc2)CC1.CC(C)(C)OC(=O)N1CCC(C)(c2ccc(N)cc2)CC1. The zero-order valence-electron chi connectivity index (χ0n) is 26.8. The number of likely N-dealkylation sites (tertiary alicyclic amines) is 2. The van der Waals surface area contributed by atoms with Crippen molar-refractivity contribution in [3.63, 3.8) is 0 Å². The van der Waals surface area contributed by atoms with E-state index in [1.54, 1.807) is 0 Å². The summed E-state index contributed by atoms with van der Waals surface area (Å²) in [6.07, 6.45) is 3.41. The maximum atomic E-state index is 12.1. The third-order valence-electron chi connectivity index (χ3n) is 8.19. The largest absolute Gasteiger partial charge is 0.444 e. The van der Waals surface area contributed by atoms with Crippen LogP contribution in [0.15, 0.2) is 53.0 Å². The molecule has 42 heavy (non-hydrogen) atoms. The fourth-order valence-electron chi connectivity index (χ4n) is 5.33. The Labute approximate surface area is 261 Å². The molecule has 2 aromatic rings. The van der Waals surface area contributed by atoms with Crippen LogP contribution in [0, 0.1) is 0 Å². The molecule has 0 bridgehead atoms. The van der Waals surface area contributed by atoms with Gasteiger partial charge in [-0.2, -0.15) is 0 Å². The number of nitrogens with zero attached hydrogens (tertiary/aromatic N) is 2. The summed E-state index contributed by atoms with van der Waals surface area (Å²) < 4.78 is 12.0. The van der Waals surface area contributed by atoms with Crippen LogP contribution in [-0.2, 0) is 20.3 Å². The van der Waals surface area contributed by atoms with Crippen LogP contribution in [0.4, 0.5) is 15.3 Å². The number of carbonyl (C=O) groups excluding carboxylic acids is 2. The molecule has 2 saturated heterocycles. The van der Waals surface area contributed by atoms with Crippen molar-refractivity contribution in [3.05, 3.63) is 64.1 Å². The van der Waals surface area contributed by atoms with Crippen molar-refractivity contribution in [2.45, 2.75) is 103 Å². The average molecular weight is 645 g/mol. The Hall–Kier alpha value is -2.74. The Kier molecular flexibility index (Phi) is 10.7. The van der Waals surface area contributed by atoms with Gasteiger partial charge in [0.25, 0.3) is 0 Å². The molecular formula is C34H50BrN3O4. The number of piperidine rings is 2. The Morgan fingerprint density at radius 2 is 0.976 bits per heavy atom. The van der Waals surface area contributed by atoms with E-state index in [-0.39, 0.29) is 23.0 Å². The summed E-state index contributed by atoms with van der Waals surface area (Å²) in [5.74, 6) is 0. The lowest BCUT2D eigenvalue weighted by Crippen LogP contribution is -2.45. The van der Waals surface area contributed by atoms with E-state index in [1.165, 1.54) is 11.1 Å². The number of anilines is 1. The van der Waals surface area contributed by atoms with Crippen LogP contribution in [0.5, 0.6) is 0 Å². The summed E-state index contributed by atoms with van der Waals surface area (Å²) in [5.41, 5.74) is 8.55. The maximum Gasteiger partial charge on any atom is 0.410 e. The molecule has 0 saturated carbocycles. The molecule has 2 aromatic carbocycles. The van der Waals surface area contributed by atoms with Crippen molar-refractivity contribution in [1.29, 1.82) is 0 Å². The highest BCUT2D eigenvalue weighted by atomic mass is 79.9. The van der Waals surface area contributed by atoms with Crippen LogP contribution >= 0.6 is 15.9 Å². The van der Waals surface area contributed by atoms with Gasteiger partial charge in [-0.25, -0.2) is 9.59 Å². The van der Waals surface area contributed by atoms with Crippen LogP contribution in [0.2, 0.25) is 0 Å². The van der Waals surface area contributed by atoms with Gasteiger partial charge in [-0.3, -0.25) is 0 Å². The molecule has 4 rings (SSSR count). The number of halogens is 1. The fourth-order valence-corrected chi connectivity index (χ4v) is 5.60. The summed E-state index contributed by atoms with van der Waals surface area (Å²) in [7, 11) is 0. The summed E-state index contributed by atoms with van der Waals surface area (Å²) in [6.45, 7) is 18.9. The normalized spacial score (nSPS) is 18.4. The molecule has 2 aliphatic rings. The monoisotopic (exact) mass is 643 g/mol. The minimum atomic E-state index is -0.436. The van der Waals surface area contributed by atoms with Crippen molar-refractivity contribution in [2.75, 3.05) is 31.9 Å². The molecular weight excluding hydrogens is 594 g/mol. The molecule has 2 fully saturated rings. The molecule has 2 heterocycles. The number of hydrogen-bond acceptors (Lipinski definition) is 5. The van der Waals surface area contributed by atoms with E-state index >= 15 is 0 Å². The highest BCUT2D eigenvalue weighted by Crippen LogP contribution is 2.37. The minimum Gasteiger partial charge on any atom is -0.444 e. The first kappa shape index (κ1) is 33.8. The maximum absolute atomic E-state index is 12.1. The molecule has 0 atom stereocenters. The van der Waals surface area contributed by atoms with E-state index < -0.39 is 11.2 Å². The molecule has 232 valence electrons. The summed E-state index contributed by atoms with van der Waals surface area (Å²) in [5, 5.41) is 0. The summed E-state index contributed by atoms with van der Waals surface area (Å²) >= 11 is 3.47. The van der Waals surface area contributed by atoms with Crippen molar-refractivity contribution < 1.29 is 19.1 Å². The number of carbonyl (C=O) groups is 2. The standard InChI is InChI=1S/C17H24BrNO2.C17H26N2O2/c2*1-16(2,3)21-15(20)19-11-9-17(4,10-12-19)13-5-7-14(18)8-6-13/h5-8H,9-12H2,1-4H3;5-8H,9-12,18H2,1-4H3. The minimum absolute atomic E-state index is 0.103. The highest BCUT2D eigenvalue weighted by Gasteiger charge is 2.36. The van der Waals surface area contributed by atoms with Crippen LogP contribution in [0.3, 0.4) is 0 Å². The number of rotatable bonds is 2. The van der Waals surface area contributed by atoms with E-state index in [9.17, 15) is 9.59 Å². The van der Waals surface area contributed by atoms with Crippen LogP contribution in [0.1, 0.15) is 92.2 Å². The van der Waals surface area contributed by atoms with Gasteiger partial charge < -0.3 is 25.0 Å². The van der Waals surface area contributed by atoms with Gasteiger partial charge >= 0.3 is 12.2 Å². The molecule has 2 aliphatic heterocycles. The number of nitrogen functional groups attached to an aromatic ring is 1. The topological polar surface area (TPSA) is 85.1 Å². The molecule has 0 unspecified atom stereocenters. The fraction of sp³-hybridized carbons (Fsp3) is 0.588. The molecule has 0 radical (unpaired) electrons. The smallest absolute Gasteiger partial charge is 0.410 e. The van der Waals surface area contributed by atoms with Gasteiger partial charge in [0.05, 0.1) is 0 Å². The number of amides is 2. The van der Waals surface area contributed by atoms with Gasteiger partial charge in [0.1, 0.15) is 11.2 Å². The van der Waals surface area contributed by atoms with Crippen molar-refractivity contribution >= 4 is 33.8 Å². The third-order valence-corrected chi connectivity index (χ3v) is 8.71. The van der Waals surface area contributed by atoms with E-state index in [0.29, 0.717) is 0 Å². The number of benzene rings is 2. The van der Waals surface area contributed by atoms with Crippen LogP contribution in [-0.4, -0.2) is 59.4 Å². The number of hydrogen-bond donors (Lipinski definition) is 1. The quantitative estimate of drug-likeness (QED) is 0.333. The van der Waals surface area contributed by atoms with Crippen molar-refractivity contribution in [1.82, 2.24) is 9.80 Å². The van der Waals surface area contributed by atoms with Gasteiger partial charge in [0.2, 0.25) is 0 Å². The van der Waals surface area contributed by atoms with E-state index in [1.807, 2.05) is 63.5 Å². The van der Waals surface area contributed by atoms with Gasteiger partial charge in [0, 0.05) is 36.3 Å². The zero-order chi connectivity index (χ0) is 31.3. The van der Waals surface area contributed by atoms with Gasteiger partial charge in [-0.15, -0.1) is 0 Å². The Balaban J connectivity index is 0.000000230. The van der Waals surface area contributed by atoms with Crippen molar-refractivity contribution in [3.8, 4) is 0 Å². The highest BCUT2D eigenvalue weighted by molar-refractivity contribution is 9.10. The molecule has 0 spiro atoms. The lowest BCUT2D eigenvalue weighted by Gasteiger charge is -2.40. The molecule has 2 N–H and O–H groups in total. The second-order valence-corrected chi connectivity index (χ2v) is 15.1. The van der Waals surface area contributed by atoms with E-state index in [2.05, 4.69) is 66.2 Å². The Bertz CT molecular complexity index is 1090. The number of ether oxygens (including phenoxy) is 2. The van der Waals surface area contributed by atoms with Crippen molar-refractivity contribution in [2.24, 2.45) is 0 Å². The van der Waals surface area contributed by atoms with Gasteiger partial charge in [-0.05, 0) is 113 Å².